The molecule has 10 nitrogen and oxygen atoms in total. The minimum atomic E-state index is -1.02. The lowest BCUT2D eigenvalue weighted by Crippen LogP contribution is -2.54. The van der Waals surface area contributed by atoms with E-state index in [9.17, 15) is 24.2 Å². The molecular formula is C30H30F2N6O4. The number of rotatable bonds is 5. The van der Waals surface area contributed by atoms with Gasteiger partial charge in [0.25, 0.3) is 0 Å². The minimum absolute atomic E-state index is 0.0432. The van der Waals surface area contributed by atoms with Crippen LogP contribution in [0, 0.1) is 18.6 Å². The molecule has 0 saturated carbocycles. The number of aromatic nitrogens is 4. The molecule has 1 atom stereocenters. The van der Waals surface area contributed by atoms with Gasteiger partial charge in [0.15, 0.2) is 23.0 Å². The number of carbonyl (C=O) groups is 1. The average molecular weight is 577 g/mol. The highest BCUT2D eigenvalue weighted by Crippen LogP contribution is 2.40. The predicted octanol–water partition coefficient (Wildman–Crippen LogP) is 4.19. The van der Waals surface area contributed by atoms with Crippen LogP contribution < -0.4 is 10.6 Å². The molecule has 1 aliphatic heterocycles. The number of aryl methyl sites for hydroxylation is 1. The number of piperazine rings is 1. The second kappa shape index (κ2) is 10.8. The molecule has 1 fully saturated rings. The monoisotopic (exact) mass is 576 g/mol. The van der Waals surface area contributed by atoms with Crippen LogP contribution in [0.25, 0.3) is 28.0 Å². The van der Waals surface area contributed by atoms with Crippen molar-refractivity contribution in [2.45, 2.75) is 39.7 Å². The summed E-state index contributed by atoms with van der Waals surface area (Å²) in [6.45, 7) is 11.9. The molecule has 12 heteroatoms. The zero-order valence-electron chi connectivity index (χ0n) is 23.6. The van der Waals surface area contributed by atoms with Crippen LogP contribution in [0.2, 0.25) is 0 Å². The van der Waals surface area contributed by atoms with E-state index < -0.39 is 40.1 Å². The van der Waals surface area contributed by atoms with Crippen molar-refractivity contribution < 1.29 is 23.8 Å². The number of anilines is 1. The van der Waals surface area contributed by atoms with Crippen LogP contribution in [-0.4, -0.2) is 66.2 Å². The molecular weight excluding hydrogens is 546 g/mol. The number of nitrogens with zero attached hydrogens (tertiary/aromatic N) is 6. The van der Waals surface area contributed by atoms with Crippen LogP contribution >= 0.6 is 0 Å². The van der Waals surface area contributed by atoms with Crippen LogP contribution in [0.1, 0.15) is 37.9 Å². The molecule has 0 bridgehead atoms. The van der Waals surface area contributed by atoms with Crippen molar-refractivity contribution in [1.82, 2.24) is 24.4 Å². The van der Waals surface area contributed by atoms with Gasteiger partial charge in [0, 0.05) is 31.9 Å². The number of fused-ring (bicyclic) bond motifs is 1. The highest BCUT2D eigenvalue weighted by molar-refractivity contribution is 5.91. The second-order valence-corrected chi connectivity index (χ2v) is 10.6. The number of benzene rings is 1. The van der Waals surface area contributed by atoms with Crippen LogP contribution in [-0.2, 0) is 4.79 Å². The standard InChI is InChI=1S/C30H30F2N6O4/c1-6-22(40)36-11-12-37(17(5)14-36)28-18-13-20(32)25(23-19(31)7-8-21(39)27(23)41)34-29(18)38(30(42)35-28)26-16(4)9-10-33-24(26)15(2)3/h6-10,13,15,17,39,41H,1,11-12,14H2,2-5H3/t17-/m0/s1. The number of aromatic hydroxyl groups is 2. The van der Waals surface area contributed by atoms with E-state index in [4.69, 9.17) is 0 Å². The first-order chi connectivity index (χ1) is 19.9. The lowest BCUT2D eigenvalue weighted by atomic mass is 10.0. The smallest absolute Gasteiger partial charge is 0.355 e. The lowest BCUT2D eigenvalue weighted by Gasteiger charge is -2.40. The SMILES string of the molecule is C=CC(=O)N1CCN(c2nc(=O)n(-c3c(C)ccnc3C(C)C)c3nc(-c4c(F)ccc(O)c4O)c(F)cc23)[C@@H](C)C1. The van der Waals surface area contributed by atoms with Gasteiger partial charge in [-0.15, -0.1) is 0 Å². The molecule has 42 heavy (non-hydrogen) atoms. The molecule has 4 aromatic rings. The van der Waals surface area contributed by atoms with E-state index >= 15 is 4.39 Å². The van der Waals surface area contributed by atoms with Crippen molar-refractivity contribution in [3.63, 3.8) is 0 Å². The number of amides is 1. The molecule has 218 valence electrons. The quantitative estimate of drug-likeness (QED) is 0.268. The molecule has 0 aliphatic carbocycles. The van der Waals surface area contributed by atoms with E-state index in [0.717, 1.165) is 18.2 Å². The highest BCUT2D eigenvalue weighted by atomic mass is 19.1. The summed E-state index contributed by atoms with van der Waals surface area (Å²) in [5.41, 5.74) is -0.366. The summed E-state index contributed by atoms with van der Waals surface area (Å²) >= 11 is 0. The first-order valence-electron chi connectivity index (χ1n) is 13.4. The molecule has 3 aromatic heterocycles. The largest absolute Gasteiger partial charge is 0.504 e. The van der Waals surface area contributed by atoms with Gasteiger partial charge in [0.05, 0.1) is 22.3 Å². The number of hydrogen-bond donors (Lipinski definition) is 2. The molecule has 0 unspecified atom stereocenters. The third-order valence-electron chi connectivity index (χ3n) is 7.45. The van der Waals surface area contributed by atoms with Crippen LogP contribution in [0.5, 0.6) is 11.5 Å². The zero-order valence-corrected chi connectivity index (χ0v) is 23.6. The first-order valence-corrected chi connectivity index (χ1v) is 13.4. The van der Waals surface area contributed by atoms with E-state index in [1.807, 2.05) is 20.8 Å². The Balaban J connectivity index is 1.85. The second-order valence-electron chi connectivity index (χ2n) is 10.6. The maximum absolute atomic E-state index is 15.8. The van der Waals surface area contributed by atoms with Crippen molar-refractivity contribution in [3.05, 3.63) is 76.5 Å². The molecule has 1 saturated heterocycles. The molecule has 0 radical (unpaired) electrons. The number of pyridine rings is 2. The van der Waals surface area contributed by atoms with Gasteiger partial charge < -0.3 is 20.0 Å². The van der Waals surface area contributed by atoms with Crippen molar-refractivity contribution >= 4 is 22.8 Å². The Hall–Kier alpha value is -4.87. The first kappa shape index (κ1) is 28.7. The molecule has 0 spiro atoms. The number of carbonyl (C=O) groups excluding carboxylic acids is 1. The third-order valence-corrected chi connectivity index (χ3v) is 7.45. The molecule has 1 aliphatic rings. The van der Waals surface area contributed by atoms with Gasteiger partial charge in [-0.1, -0.05) is 20.4 Å². The van der Waals surface area contributed by atoms with Crippen molar-refractivity contribution in [2.24, 2.45) is 0 Å². The van der Waals surface area contributed by atoms with E-state index in [1.54, 1.807) is 29.0 Å². The van der Waals surface area contributed by atoms with Gasteiger partial charge in [0.1, 0.15) is 17.3 Å². The van der Waals surface area contributed by atoms with E-state index in [-0.39, 0.29) is 34.7 Å². The predicted molar refractivity (Wildman–Crippen MR) is 154 cm³/mol. The van der Waals surface area contributed by atoms with Gasteiger partial charge in [-0.3, -0.25) is 9.78 Å². The molecule has 1 amide bonds. The summed E-state index contributed by atoms with van der Waals surface area (Å²) in [7, 11) is 0. The molecule has 2 N–H and O–H groups in total. The Morgan fingerprint density at radius 3 is 2.55 bits per heavy atom. The number of halogens is 2. The van der Waals surface area contributed by atoms with Crippen LogP contribution in [0.3, 0.4) is 0 Å². The summed E-state index contributed by atoms with van der Waals surface area (Å²) in [6, 6.07) is 4.32. The third kappa shape index (κ3) is 4.72. The summed E-state index contributed by atoms with van der Waals surface area (Å²) in [5, 5.41) is 20.7. The van der Waals surface area contributed by atoms with Crippen LogP contribution in [0.15, 0.2) is 47.9 Å². The number of phenols is 2. The normalized spacial score (nSPS) is 15.5. The maximum Gasteiger partial charge on any atom is 0.355 e. The van der Waals surface area contributed by atoms with Gasteiger partial charge >= 0.3 is 5.69 Å². The Bertz CT molecular complexity index is 1810. The topological polar surface area (TPSA) is 125 Å². The Morgan fingerprint density at radius 1 is 1.14 bits per heavy atom. The minimum Gasteiger partial charge on any atom is -0.504 e. The fourth-order valence-corrected chi connectivity index (χ4v) is 5.37. The summed E-state index contributed by atoms with van der Waals surface area (Å²) in [6.07, 6.45) is 2.85. The van der Waals surface area contributed by atoms with Gasteiger partial charge in [-0.05, 0) is 55.7 Å². The van der Waals surface area contributed by atoms with Gasteiger partial charge in [0.2, 0.25) is 5.91 Å². The van der Waals surface area contributed by atoms with Crippen molar-refractivity contribution in [3.8, 4) is 28.4 Å². The fourth-order valence-electron chi connectivity index (χ4n) is 5.37. The molecule has 1 aromatic carbocycles. The van der Waals surface area contributed by atoms with Crippen molar-refractivity contribution in [1.29, 1.82) is 0 Å². The average Bonchev–Trinajstić information content (AvgIpc) is 2.95. The van der Waals surface area contributed by atoms with E-state index in [1.165, 1.54) is 10.6 Å². The van der Waals surface area contributed by atoms with Crippen molar-refractivity contribution in [2.75, 3.05) is 24.5 Å². The van der Waals surface area contributed by atoms with Gasteiger partial charge in [-0.2, -0.15) is 4.98 Å². The summed E-state index contributed by atoms with van der Waals surface area (Å²) < 4.78 is 32.0. The number of hydrogen-bond acceptors (Lipinski definition) is 8. The fraction of sp³-hybridized carbons (Fsp3) is 0.300. The Labute approximate surface area is 240 Å². The Morgan fingerprint density at radius 2 is 1.88 bits per heavy atom. The number of phenolic OH excluding ortho intramolecular Hbond substituents is 2. The summed E-state index contributed by atoms with van der Waals surface area (Å²) in [4.78, 5) is 42.8. The lowest BCUT2D eigenvalue weighted by molar-refractivity contribution is -0.126. The zero-order chi connectivity index (χ0) is 30.5. The van der Waals surface area contributed by atoms with E-state index in [0.29, 0.717) is 36.6 Å². The highest BCUT2D eigenvalue weighted by Gasteiger charge is 2.31. The Kier molecular flexibility index (Phi) is 7.40. The molecule has 4 heterocycles. The van der Waals surface area contributed by atoms with E-state index in [2.05, 4.69) is 21.5 Å². The van der Waals surface area contributed by atoms with Crippen LogP contribution in [0.4, 0.5) is 14.6 Å². The molecule has 5 rings (SSSR count). The summed E-state index contributed by atoms with van der Waals surface area (Å²) in [5.74, 6) is -3.77. The maximum atomic E-state index is 15.8. The van der Waals surface area contributed by atoms with Gasteiger partial charge in [-0.25, -0.2) is 23.1 Å².